The third kappa shape index (κ3) is 6.21. The summed E-state index contributed by atoms with van der Waals surface area (Å²) >= 11 is 0. The number of fused-ring (bicyclic) bond motifs is 1. The van der Waals surface area contributed by atoms with Gasteiger partial charge < -0.3 is 20.1 Å². The predicted octanol–water partition coefficient (Wildman–Crippen LogP) is 3.89. The van der Waals surface area contributed by atoms with E-state index in [9.17, 15) is 17.2 Å². The topological polar surface area (TPSA) is 133 Å². The fraction of sp³-hybridized carbons (Fsp3) is 0.321. The summed E-state index contributed by atoms with van der Waals surface area (Å²) in [6.45, 7) is 5.09. The van der Waals surface area contributed by atoms with E-state index in [0.717, 1.165) is 55.7 Å². The van der Waals surface area contributed by atoms with E-state index in [1.54, 1.807) is 0 Å². The maximum atomic E-state index is 14.3. The van der Waals surface area contributed by atoms with Crippen LogP contribution in [0.3, 0.4) is 0 Å². The summed E-state index contributed by atoms with van der Waals surface area (Å²) < 4.78 is 67.8. The molecule has 13 heteroatoms. The monoisotopic (exact) mass is 584 g/mol. The van der Waals surface area contributed by atoms with Crippen LogP contribution in [-0.2, 0) is 10.0 Å². The molecule has 0 aliphatic carbocycles. The molecule has 41 heavy (non-hydrogen) atoms. The number of aromatic nitrogens is 3. The van der Waals surface area contributed by atoms with Crippen LogP contribution < -0.4 is 19.9 Å². The highest BCUT2D eigenvalue weighted by molar-refractivity contribution is 7.92. The van der Waals surface area contributed by atoms with Crippen molar-refractivity contribution in [2.24, 2.45) is 5.73 Å². The Bertz CT molecular complexity index is 1680. The SMILES string of the molecule is COc1ncc(-c2cc(OC3CCN(CCN)CC3)c3ncnc(C)c3c2)cc1NS(=O)(=O)c1ccc(F)cc1F. The molecule has 4 aromatic rings. The zero-order chi connectivity index (χ0) is 29.1. The third-order valence-corrected chi connectivity index (χ3v) is 8.38. The number of benzene rings is 2. The van der Waals surface area contributed by atoms with E-state index in [1.807, 2.05) is 19.1 Å². The van der Waals surface area contributed by atoms with E-state index >= 15 is 0 Å². The van der Waals surface area contributed by atoms with Gasteiger partial charge in [0.05, 0.1) is 7.11 Å². The van der Waals surface area contributed by atoms with Gasteiger partial charge in [-0.2, -0.15) is 0 Å². The minimum atomic E-state index is -4.44. The number of likely N-dealkylation sites (tertiary alicyclic amines) is 1. The molecule has 0 unspecified atom stereocenters. The van der Waals surface area contributed by atoms with Gasteiger partial charge in [0.25, 0.3) is 10.0 Å². The first kappa shape index (κ1) is 28.6. The van der Waals surface area contributed by atoms with E-state index in [1.165, 1.54) is 25.7 Å². The number of halogens is 2. The van der Waals surface area contributed by atoms with E-state index in [-0.39, 0.29) is 17.7 Å². The number of rotatable bonds is 9. The van der Waals surface area contributed by atoms with Gasteiger partial charge in [-0.3, -0.25) is 4.72 Å². The zero-order valence-corrected chi connectivity index (χ0v) is 23.4. The smallest absolute Gasteiger partial charge is 0.264 e. The highest BCUT2D eigenvalue weighted by Gasteiger charge is 2.24. The summed E-state index contributed by atoms with van der Waals surface area (Å²) in [5, 5.41) is 0.770. The standard InChI is InChI=1S/C28H30F2N6O4S/c1-17-22-11-18(13-25(27(22)34-16-33-17)40-21-5-8-36(9-6-21)10-7-31)19-12-24(28(39-2)32-15-19)35-41(37,38)26-4-3-20(29)14-23(26)30/h3-4,11-16,21,35H,5-10,31H2,1-2H3. The summed E-state index contributed by atoms with van der Waals surface area (Å²) in [6, 6.07) is 7.47. The van der Waals surface area contributed by atoms with Crippen molar-refractivity contribution >= 4 is 26.6 Å². The largest absolute Gasteiger partial charge is 0.488 e. The lowest BCUT2D eigenvalue weighted by Gasteiger charge is -2.32. The molecule has 0 amide bonds. The van der Waals surface area contributed by atoms with E-state index in [4.69, 9.17) is 15.2 Å². The second-order valence-electron chi connectivity index (χ2n) is 9.74. The fourth-order valence-corrected chi connectivity index (χ4v) is 5.98. The highest BCUT2D eigenvalue weighted by Crippen LogP contribution is 2.36. The predicted molar refractivity (Wildman–Crippen MR) is 150 cm³/mol. The molecular weight excluding hydrogens is 554 g/mol. The van der Waals surface area contributed by atoms with Gasteiger partial charge in [0, 0.05) is 55.1 Å². The number of ether oxygens (including phenoxy) is 2. The summed E-state index contributed by atoms with van der Waals surface area (Å²) in [7, 11) is -3.10. The first-order chi connectivity index (χ1) is 19.7. The molecule has 0 saturated carbocycles. The molecular formula is C28H30F2N6O4S. The summed E-state index contributed by atoms with van der Waals surface area (Å²) in [5.41, 5.74) is 8.30. The fourth-order valence-electron chi connectivity index (χ4n) is 4.87. The number of nitrogens with one attached hydrogen (secondary N) is 1. The average Bonchev–Trinajstić information content (AvgIpc) is 2.94. The molecule has 0 radical (unpaired) electrons. The van der Waals surface area contributed by atoms with Crippen LogP contribution in [0.5, 0.6) is 11.6 Å². The second kappa shape index (κ2) is 11.9. The van der Waals surface area contributed by atoms with Gasteiger partial charge in [0.1, 0.15) is 45.9 Å². The molecule has 2 aromatic heterocycles. The Morgan fingerprint density at radius 3 is 2.56 bits per heavy atom. The molecule has 1 fully saturated rings. The second-order valence-corrected chi connectivity index (χ2v) is 11.4. The van der Waals surface area contributed by atoms with Crippen LogP contribution in [0, 0.1) is 18.6 Å². The van der Waals surface area contributed by atoms with Crippen molar-refractivity contribution < 1.29 is 26.7 Å². The summed E-state index contributed by atoms with van der Waals surface area (Å²) in [4.78, 5) is 14.7. The number of sulfonamides is 1. The average molecular weight is 585 g/mol. The van der Waals surface area contributed by atoms with Crippen molar-refractivity contribution in [3.63, 3.8) is 0 Å². The number of aryl methyl sites for hydroxylation is 1. The number of nitrogens with two attached hydrogens (primary N) is 1. The number of pyridine rings is 1. The van der Waals surface area contributed by atoms with Gasteiger partial charge in [-0.25, -0.2) is 32.2 Å². The quantitative estimate of drug-likeness (QED) is 0.301. The van der Waals surface area contributed by atoms with Crippen molar-refractivity contribution in [1.82, 2.24) is 19.9 Å². The first-order valence-corrected chi connectivity index (χ1v) is 14.5. The Hall–Kier alpha value is -3.94. The van der Waals surface area contributed by atoms with Crippen LogP contribution in [0.25, 0.3) is 22.0 Å². The lowest BCUT2D eigenvalue weighted by molar-refractivity contribution is 0.103. The molecule has 0 atom stereocenters. The number of anilines is 1. The Kier molecular flexibility index (Phi) is 8.29. The molecule has 1 aliphatic heterocycles. The molecule has 3 heterocycles. The van der Waals surface area contributed by atoms with E-state index < -0.39 is 26.6 Å². The van der Waals surface area contributed by atoms with Gasteiger partial charge in [0.2, 0.25) is 5.88 Å². The lowest BCUT2D eigenvalue weighted by Crippen LogP contribution is -2.40. The van der Waals surface area contributed by atoms with E-state index in [2.05, 4.69) is 24.6 Å². The summed E-state index contributed by atoms with van der Waals surface area (Å²) in [6.07, 6.45) is 4.69. The molecule has 3 N–H and O–H groups in total. The Morgan fingerprint density at radius 1 is 1.07 bits per heavy atom. The normalized spacial score (nSPS) is 14.8. The minimum absolute atomic E-state index is 0.0142. The van der Waals surface area contributed by atoms with Crippen LogP contribution in [0.2, 0.25) is 0 Å². The molecule has 2 aromatic carbocycles. The third-order valence-electron chi connectivity index (χ3n) is 6.98. The lowest BCUT2D eigenvalue weighted by atomic mass is 10.0. The van der Waals surface area contributed by atoms with Crippen LogP contribution >= 0.6 is 0 Å². The van der Waals surface area contributed by atoms with Crippen LogP contribution in [0.15, 0.2) is 53.8 Å². The van der Waals surface area contributed by atoms with Crippen molar-refractivity contribution in [3.8, 4) is 22.8 Å². The van der Waals surface area contributed by atoms with Gasteiger partial charge >= 0.3 is 0 Å². The number of methoxy groups -OCH3 is 1. The Morgan fingerprint density at radius 2 is 1.85 bits per heavy atom. The van der Waals surface area contributed by atoms with Gasteiger partial charge in [-0.15, -0.1) is 0 Å². The van der Waals surface area contributed by atoms with Gasteiger partial charge in [-0.05, 0) is 55.7 Å². The zero-order valence-electron chi connectivity index (χ0n) is 22.6. The van der Waals surface area contributed by atoms with Crippen LogP contribution in [0.1, 0.15) is 18.5 Å². The molecule has 10 nitrogen and oxygen atoms in total. The van der Waals surface area contributed by atoms with Crippen molar-refractivity contribution in [1.29, 1.82) is 0 Å². The maximum Gasteiger partial charge on any atom is 0.264 e. The molecule has 1 aliphatic rings. The maximum absolute atomic E-state index is 14.3. The molecule has 216 valence electrons. The van der Waals surface area contributed by atoms with Crippen LogP contribution in [-0.4, -0.2) is 67.7 Å². The summed E-state index contributed by atoms with van der Waals surface area (Å²) in [5.74, 6) is -1.56. The molecule has 0 bridgehead atoms. The molecule has 0 spiro atoms. The number of hydrogen-bond donors (Lipinski definition) is 2. The van der Waals surface area contributed by atoms with Crippen molar-refractivity contribution in [2.75, 3.05) is 38.0 Å². The highest BCUT2D eigenvalue weighted by atomic mass is 32.2. The molecule has 1 saturated heterocycles. The van der Waals surface area contributed by atoms with Gasteiger partial charge in [-0.1, -0.05) is 0 Å². The number of nitrogens with zero attached hydrogens (tertiary/aromatic N) is 4. The number of piperidine rings is 1. The van der Waals surface area contributed by atoms with Crippen LogP contribution in [0.4, 0.5) is 14.5 Å². The first-order valence-electron chi connectivity index (χ1n) is 13.0. The van der Waals surface area contributed by atoms with E-state index in [0.29, 0.717) is 35.0 Å². The minimum Gasteiger partial charge on any atom is -0.488 e. The molecule has 5 rings (SSSR count). The Balaban J connectivity index is 1.51. The van der Waals surface area contributed by atoms with Crippen molar-refractivity contribution in [2.45, 2.75) is 30.8 Å². The van der Waals surface area contributed by atoms with Crippen molar-refractivity contribution in [3.05, 3.63) is 66.3 Å². The van der Waals surface area contributed by atoms with Gasteiger partial charge in [0.15, 0.2) is 0 Å². The number of hydrogen-bond acceptors (Lipinski definition) is 9. The Labute approximate surface area is 236 Å².